The molecule has 0 unspecified atom stereocenters. The number of halogens is 1. The van der Waals surface area contributed by atoms with Crippen molar-refractivity contribution in [1.82, 2.24) is 14.8 Å². The van der Waals surface area contributed by atoms with Crippen LogP contribution < -0.4 is 5.32 Å². The van der Waals surface area contributed by atoms with E-state index in [2.05, 4.69) is 27.5 Å². The average Bonchev–Trinajstić information content (AvgIpc) is 3.25. The molecule has 0 spiro atoms. The largest absolute Gasteiger partial charge is 0.376 e. The zero-order valence-corrected chi connectivity index (χ0v) is 17.5. The lowest BCUT2D eigenvalue weighted by atomic mass is 10.0. The number of fused-ring (bicyclic) bond motifs is 2. The third-order valence-corrected chi connectivity index (χ3v) is 6.34. The van der Waals surface area contributed by atoms with Crippen molar-refractivity contribution in [2.24, 2.45) is 0 Å². The Morgan fingerprint density at radius 1 is 1.19 bits per heavy atom. The summed E-state index contributed by atoms with van der Waals surface area (Å²) >= 11 is 0. The van der Waals surface area contributed by atoms with Crippen molar-refractivity contribution in [3.8, 4) is 0 Å². The number of aromatic nitrogens is 1. The molecule has 1 aromatic heterocycles. The summed E-state index contributed by atoms with van der Waals surface area (Å²) in [5, 5.41) is 2.77. The Bertz CT molecular complexity index is 1130. The van der Waals surface area contributed by atoms with E-state index < -0.39 is 5.82 Å². The lowest BCUT2D eigenvalue weighted by Gasteiger charge is -2.31. The number of hydrogen-bond acceptors (Lipinski definition) is 3. The molecular formula is C24H25FN4O2. The molecule has 0 saturated heterocycles. The third kappa shape index (κ3) is 3.54. The maximum absolute atomic E-state index is 13.7. The summed E-state index contributed by atoms with van der Waals surface area (Å²) < 4.78 is 13.7. The second-order valence-electron chi connectivity index (χ2n) is 8.32. The van der Waals surface area contributed by atoms with Crippen LogP contribution in [0.4, 0.5) is 10.1 Å². The molecule has 2 aromatic rings. The molecule has 0 radical (unpaired) electrons. The average molecular weight is 420 g/mol. The number of rotatable bonds is 4. The molecule has 0 bridgehead atoms. The minimum atomic E-state index is -0.391. The highest BCUT2D eigenvalue weighted by molar-refractivity contribution is 6.34. The third-order valence-electron chi connectivity index (χ3n) is 6.34. The molecule has 6 nitrogen and oxygen atoms in total. The lowest BCUT2D eigenvalue weighted by Crippen LogP contribution is -2.42. The number of allylic oxidation sites excluding steroid dienone is 1. The Morgan fingerprint density at radius 2 is 2.06 bits per heavy atom. The highest BCUT2D eigenvalue weighted by atomic mass is 19.1. The summed E-state index contributed by atoms with van der Waals surface area (Å²) in [4.78, 5) is 33.1. The minimum absolute atomic E-state index is 0.0305. The fourth-order valence-corrected chi connectivity index (χ4v) is 4.61. The molecule has 7 heteroatoms. The van der Waals surface area contributed by atoms with E-state index >= 15 is 0 Å². The maximum Gasteiger partial charge on any atom is 0.256 e. The second kappa shape index (κ2) is 7.72. The van der Waals surface area contributed by atoms with Gasteiger partial charge in [0.05, 0.1) is 11.1 Å². The van der Waals surface area contributed by atoms with Crippen LogP contribution >= 0.6 is 0 Å². The number of carbonyl (C=O) groups excluding carboxylic acids is 2. The van der Waals surface area contributed by atoms with Crippen molar-refractivity contribution in [3.05, 3.63) is 64.4 Å². The Balaban J connectivity index is 1.40. The standard InChI is InChI=1S/C24H25FN4O2/c1-15-21(14-18-17-13-16(25)5-6-19(17)27-23(18)30)26-20-7-10-29(24(31)22(15)20)12-11-28-8-3-2-4-9-28/h3,5-6,8,13-14,26H,2,4,7,9-12H2,1H3,(H,27,30)/b18-14-. The van der Waals surface area contributed by atoms with Crippen molar-refractivity contribution in [1.29, 1.82) is 0 Å². The van der Waals surface area contributed by atoms with Crippen LogP contribution in [0.1, 0.15) is 45.7 Å². The molecule has 0 atom stereocenters. The van der Waals surface area contributed by atoms with E-state index in [1.165, 1.54) is 12.1 Å². The number of nitrogens with one attached hydrogen (secondary N) is 2. The number of hydrogen-bond donors (Lipinski definition) is 2. The number of benzene rings is 1. The van der Waals surface area contributed by atoms with E-state index in [4.69, 9.17) is 0 Å². The molecule has 160 valence electrons. The first-order chi connectivity index (χ1) is 15.0. The van der Waals surface area contributed by atoms with Crippen molar-refractivity contribution >= 4 is 29.2 Å². The van der Waals surface area contributed by atoms with Crippen molar-refractivity contribution in [2.75, 3.05) is 31.5 Å². The maximum atomic E-state index is 13.7. The first kappa shape index (κ1) is 19.6. The van der Waals surface area contributed by atoms with Gasteiger partial charge in [-0.1, -0.05) is 6.08 Å². The molecule has 3 aliphatic heterocycles. The first-order valence-electron chi connectivity index (χ1n) is 10.8. The van der Waals surface area contributed by atoms with Crippen LogP contribution in [0.5, 0.6) is 0 Å². The Hall–Kier alpha value is -3.35. The summed E-state index contributed by atoms with van der Waals surface area (Å²) in [6.07, 6.45) is 9.06. The zero-order valence-electron chi connectivity index (χ0n) is 17.5. The van der Waals surface area contributed by atoms with Crippen LogP contribution in [-0.2, 0) is 11.2 Å². The van der Waals surface area contributed by atoms with Crippen LogP contribution in [-0.4, -0.2) is 52.8 Å². The molecular weight excluding hydrogens is 395 g/mol. The van der Waals surface area contributed by atoms with Gasteiger partial charge in [0, 0.05) is 55.2 Å². The highest BCUT2D eigenvalue weighted by Gasteiger charge is 2.30. The van der Waals surface area contributed by atoms with E-state index in [1.54, 1.807) is 12.1 Å². The molecule has 31 heavy (non-hydrogen) atoms. The quantitative estimate of drug-likeness (QED) is 0.744. The van der Waals surface area contributed by atoms with Crippen LogP contribution in [0.3, 0.4) is 0 Å². The predicted molar refractivity (Wildman–Crippen MR) is 118 cm³/mol. The van der Waals surface area contributed by atoms with Gasteiger partial charge in [-0.15, -0.1) is 0 Å². The smallest absolute Gasteiger partial charge is 0.256 e. The summed E-state index contributed by atoms with van der Waals surface area (Å²) in [7, 11) is 0. The lowest BCUT2D eigenvalue weighted by molar-refractivity contribution is -0.110. The first-order valence-corrected chi connectivity index (χ1v) is 10.8. The van der Waals surface area contributed by atoms with Crippen LogP contribution in [0.25, 0.3) is 11.6 Å². The van der Waals surface area contributed by atoms with E-state index in [0.717, 1.165) is 49.3 Å². The molecule has 2 N–H and O–H groups in total. The number of amides is 2. The van der Waals surface area contributed by atoms with Gasteiger partial charge < -0.3 is 20.1 Å². The molecule has 1 aromatic carbocycles. The summed E-state index contributed by atoms with van der Waals surface area (Å²) in [5.41, 5.74) is 4.69. The van der Waals surface area contributed by atoms with Crippen LogP contribution in [0.15, 0.2) is 30.5 Å². The molecule has 3 aliphatic rings. The van der Waals surface area contributed by atoms with Gasteiger partial charge >= 0.3 is 0 Å². The van der Waals surface area contributed by atoms with Gasteiger partial charge in [0.1, 0.15) is 5.82 Å². The van der Waals surface area contributed by atoms with Gasteiger partial charge in [0.25, 0.3) is 11.8 Å². The molecule has 4 heterocycles. The number of anilines is 1. The van der Waals surface area contributed by atoms with Crippen molar-refractivity contribution in [2.45, 2.75) is 26.2 Å². The van der Waals surface area contributed by atoms with E-state index in [9.17, 15) is 14.0 Å². The molecule has 2 amide bonds. The summed E-state index contributed by atoms with van der Waals surface area (Å²) in [6, 6.07) is 4.25. The number of carbonyl (C=O) groups is 2. The summed E-state index contributed by atoms with van der Waals surface area (Å²) in [5.74, 6) is -0.629. The van der Waals surface area contributed by atoms with Gasteiger partial charge in [-0.3, -0.25) is 9.59 Å². The Morgan fingerprint density at radius 3 is 2.87 bits per heavy atom. The van der Waals surface area contributed by atoms with E-state index in [-0.39, 0.29) is 11.8 Å². The highest BCUT2D eigenvalue weighted by Crippen LogP contribution is 2.35. The number of H-pyrrole nitrogens is 1. The van der Waals surface area contributed by atoms with Gasteiger partial charge in [0.15, 0.2) is 0 Å². The van der Waals surface area contributed by atoms with Gasteiger partial charge in [-0.05, 0) is 55.8 Å². The minimum Gasteiger partial charge on any atom is -0.376 e. The monoisotopic (exact) mass is 420 g/mol. The van der Waals surface area contributed by atoms with Gasteiger partial charge in [-0.25, -0.2) is 4.39 Å². The molecule has 5 rings (SSSR count). The topological polar surface area (TPSA) is 68.4 Å². The van der Waals surface area contributed by atoms with E-state index in [1.807, 2.05) is 11.8 Å². The number of nitrogens with zero attached hydrogens (tertiary/aromatic N) is 2. The normalized spacial score (nSPS) is 19.1. The van der Waals surface area contributed by atoms with Crippen LogP contribution in [0.2, 0.25) is 0 Å². The van der Waals surface area contributed by atoms with E-state index in [0.29, 0.717) is 35.5 Å². The van der Waals surface area contributed by atoms with Crippen molar-refractivity contribution < 1.29 is 14.0 Å². The fourth-order valence-electron chi connectivity index (χ4n) is 4.61. The summed E-state index contributed by atoms with van der Waals surface area (Å²) in [6.45, 7) is 5.14. The second-order valence-corrected chi connectivity index (χ2v) is 8.32. The van der Waals surface area contributed by atoms with Gasteiger partial charge in [-0.2, -0.15) is 0 Å². The van der Waals surface area contributed by atoms with Gasteiger partial charge in [0.2, 0.25) is 0 Å². The Kier molecular flexibility index (Phi) is 4.88. The molecule has 0 saturated carbocycles. The SMILES string of the molecule is Cc1c(/C=C2\C(=O)Nc3ccc(F)cc32)[nH]c2c1C(=O)N(CCN1C=CCCC1)CC2. The predicted octanol–water partition coefficient (Wildman–Crippen LogP) is 3.56. The number of aromatic amines is 1. The Labute approximate surface area is 180 Å². The van der Waals surface area contributed by atoms with Crippen LogP contribution in [0, 0.1) is 12.7 Å². The molecule has 0 fully saturated rings. The van der Waals surface area contributed by atoms with Crippen molar-refractivity contribution in [3.63, 3.8) is 0 Å². The fraction of sp³-hybridized carbons (Fsp3) is 0.333. The zero-order chi connectivity index (χ0) is 21.5. The molecule has 0 aliphatic carbocycles.